The Kier molecular flexibility index (Phi) is 5.05. The summed E-state index contributed by atoms with van der Waals surface area (Å²) in [7, 11) is 0. The van der Waals surface area contributed by atoms with Crippen LogP contribution in [0.3, 0.4) is 0 Å². The number of carbonyl (C=O) groups excluding carboxylic acids is 2. The third-order valence-corrected chi connectivity index (χ3v) is 3.84. The molecule has 2 aromatic heterocycles. The van der Waals surface area contributed by atoms with Gasteiger partial charge in [-0.15, -0.1) is 11.3 Å². The molecule has 0 aliphatic heterocycles. The van der Waals surface area contributed by atoms with Crippen molar-refractivity contribution in [3.8, 4) is 0 Å². The summed E-state index contributed by atoms with van der Waals surface area (Å²) in [5.41, 5.74) is 0.264. The molecule has 2 N–H and O–H groups in total. The lowest BCUT2D eigenvalue weighted by Crippen LogP contribution is -2.36. The first kappa shape index (κ1) is 14.9. The van der Waals surface area contributed by atoms with Gasteiger partial charge in [-0.1, -0.05) is 23.2 Å². The van der Waals surface area contributed by atoms with Crippen molar-refractivity contribution in [1.29, 1.82) is 0 Å². The van der Waals surface area contributed by atoms with Gasteiger partial charge in [0.25, 0.3) is 5.91 Å². The summed E-state index contributed by atoms with van der Waals surface area (Å²) in [6.45, 7) is 0.121. The molecule has 20 heavy (non-hydrogen) atoms. The number of nitrogens with one attached hydrogen (secondary N) is 2. The van der Waals surface area contributed by atoms with Crippen LogP contribution in [0.1, 0.15) is 16.1 Å². The second-order valence-corrected chi connectivity index (χ2v) is 6.06. The summed E-state index contributed by atoms with van der Waals surface area (Å²) in [6.07, 6.45) is 1.52. The van der Waals surface area contributed by atoms with Gasteiger partial charge in [0, 0.05) is 0 Å². The monoisotopic (exact) mass is 332 g/mol. The first-order chi connectivity index (χ1) is 9.56. The molecule has 8 heteroatoms. The van der Waals surface area contributed by atoms with Crippen LogP contribution in [0.25, 0.3) is 0 Å². The van der Waals surface area contributed by atoms with E-state index in [0.717, 1.165) is 11.3 Å². The Balaban J connectivity index is 1.78. The van der Waals surface area contributed by atoms with E-state index in [-0.39, 0.29) is 24.6 Å². The zero-order chi connectivity index (χ0) is 14.5. The molecule has 0 aromatic carbocycles. The van der Waals surface area contributed by atoms with Gasteiger partial charge in [-0.2, -0.15) is 0 Å². The Bertz CT molecular complexity index is 610. The lowest BCUT2D eigenvalue weighted by molar-refractivity contribution is -0.120. The lowest BCUT2D eigenvalue weighted by Gasteiger charge is -2.05. The number of thiophene rings is 1. The quantitative estimate of drug-likeness (QED) is 0.884. The second kappa shape index (κ2) is 6.78. The molecule has 0 bridgehead atoms. The molecular weight excluding hydrogens is 323 g/mol. The Morgan fingerprint density at radius 3 is 2.70 bits per heavy atom. The normalized spacial score (nSPS) is 10.3. The number of rotatable bonds is 5. The minimum Gasteiger partial charge on any atom is -0.467 e. The summed E-state index contributed by atoms with van der Waals surface area (Å²) in [5.74, 6) is -0.129. The van der Waals surface area contributed by atoms with Crippen molar-refractivity contribution < 1.29 is 14.0 Å². The van der Waals surface area contributed by atoms with Crippen molar-refractivity contribution >= 4 is 46.4 Å². The number of carbonyl (C=O) groups is 2. The first-order valence-corrected chi connectivity index (χ1v) is 7.15. The molecule has 0 aliphatic rings. The maximum Gasteiger partial charge on any atom is 0.254 e. The van der Waals surface area contributed by atoms with Crippen LogP contribution < -0.4 is 10.6 Å². The summed E-state index contributed by atoms with van der Waals surface area (Å²) in [4.78, 5) is 23.3. The average Bonchev–Trinajstić information content (AvgIpc) is 3.03. The molecule has 2 heterocycles. The van der Waals surface area contributed by atoms with E-state index < -0.39 is 5.91 Å². The van der Waals surface area contributed by atoms with Crippen LogP contribution in [0.4, 0.5) is 0 Å². The predicted octanol–water partition coefficient (Wildman–Crippen LogP) is 2.69. The molecule has 0 spiro atoms. The van der Waals surface area contributed by atoms with Gasteiger partial charge in [0.1, 0.15) is 10.1 Å². The van der Waals surface area contributed by atoms with E-state index in [1.165, 1.54) is 12.3 Å². The first-order valence-electron chi connectivity index (χ1n) is 5.58. The highest BCUT2D eigenvalue weighted by Gasteiger charge is 2.14. The maximum absolute atomic E-state index is 11.8. The van der Waals surface area contributed by atoms with E-state index >= 15 is 0 Å². The number of furan rings is 1. The fourth-order valence-electron chi connectivity index (χ4n) is 1.41. The Hall–Kier alpha value is -1.50. The molecule has 5 nitrogen and oxygen atoms in total. The van der Waals surface area contributed by atoms with Crippen LogP contribution in [0, 0.1) is 0 Å². The van der Waals surface area contributed by atoms with Gasteiger partial charge in [-0.05, 0) is 18.2 Å². The zero-order valence-corrected chi connectivity index (χ0v) is 12.4. The number of hydrogen-bond donors (Lipinski definition) is 2. The minimum absolute atomic E-state index is 0.149. The van der Waals surface area contributed by atoms with Gasteiger partial charge in [0.2, 0.25) is 5.91 Å². The molecular formula is C12H10Cl2N2O3S. The fourth-order valence-corrected chi connectivity index (χ4v) is 2.87. The second-order valence-electron chi connectivity index (χ2n) is 3.78. The van der Waals surface area contributed by atoms with Crippen molar-refractivity contribution in [1.82, 2.24) is 10.6 Å². The van der Waals surface area contributed by atoms with Gasteiger partial charge >= 0.3 is 0 Å². The Morgan fingerprint density at radius 2 is 2.10 bits per heavy atom. The van der Waals surface area contributed by atoms with Crippen LogP contribution in [0.2, 0.25) is 8.67 Å². The third kappa shape index (κ3) is 4.00. The Morgan fingerprint density at radius 1 is 1.30 bits per heavy atom. The highest BCUT2D eigenvalue weighted by molar-refractivity contribution is 7.20. The largest absolute Gasteiger partial charge is 0.467 e. The van der Waals surface area contributed by atoms with Crippen LogP contribution in [-0.2, 0) is 11.3 Å². The molecule has 2 aromatic rings. The van der Waals surface area contributed by atoms with Crippen molar-refractivity contribution in [2.45, 2.75) is 6.54 Å². The van der Waals surface area contributed by atoms with E-state index in [2.05, 4.69) is 10.6 Å². The summed E-state index contributed by atoms with van der Waals surface area (Å²) in [6, 6.07) is 4.93. The van der Waals surface area contributed by atoms with E-state index in [1.54, 1.807) is 12.1 Å². The van der Waals surface area contributed by atoms with Crippen LogP contribution >= 0.6 is 34.5 Å². The van der Waals surface area contributed by atoms with Gasteiger partial charge in [-0.25, -0.2) is 0 Å². The number of halogens is 2. The number of amides is 2. The van der Waals surface area contributed by atoms with Gasteiger partial charge in [-0.3, -0.25) is 9.59 Å². The Labute approximate surface area is 128 Å². The summed E-state index contributed by atoms with van der Waals surface area (Å²) in [5, 5.41) is 5.07. The molecule has 2 rings (SSSR count). The van der Waals surface area contributed by atoms with Gasteiger partial charge in [0.15, 0.2) is 0 Å². The maximum atomic E-state index is 11.8. The molecule has 0 aliphatic carbocycles. The third-order valence-electron chi connectivity index (χ3n) is 2.35. The highest BCUT2D eigenvalue weighted by atomic mass is 35.5. The smallest absolute Gasteiger partial charge is 0.254 e. The van der Waals surface area contributed by atoms with Gasteiger partial charge < -0.3 is 15.1 Å². The van der Waals surface area contributed by atoms with E-state index in [0.29, 0.717) is 14.4 Å². The average molecular weight is 333 g/mol. The van der Waals surface area contributed by atoms with Crippen molar-refractivity contribution in [3.05, 3.63) is 44.5 Å². The van der Waals surface area contributed by atoms with Crippen molar-refractivity contribution in [2.24, 2.45) is 0 Å². The van der Waals surface area contributed by atoms with Gasteiger partial charge in [0.05, 0.1) is 29.3 Å². The topological polar surface area (TPSA) is 71.3 Å². The molecule has 0 fully saturated rings. The predicted molar refractivity (Wildman–Crippen MR) is 77.2 cm³/mol. The molecule has 0 saturated carbocycles. The summed E-state index contributed by atoms with van der Waals surface area (Å²) >= 11 is 12.7. The minimum atomic E-state index is -0.439. The molecule has 106 valence electrons. The molecule has 0 atom stereocenters. The van der Waals surface area contributed by atoms with E-state index in [9.17, 15) is 9.59 Å². The van der Waals surface area contributed by atoms with Crippen LogP contribution in [0.5, 0.6) is 0 Å². The number of hydrogen-bond acceptors (Lipinski definition) is 4. The summed E-state index contributed by atoms with van der Waals surface area (Å²) < 4.78 is 5.78. The van der Waals surface area contributed by atoms with Crippen LogP contribution in [0.15, 0.2) is 28.9 Å². The van der Waals surface area contributed by atoms with E-state index in [1.807, 2.05) is 0 Å². The van der Waals surface area contributed by atoms with E-state index in [4.69, 9.17) is 27.6 Å². The zero-order valence-electron chi connectivity index (χ0n) is 10.1. The molecule has 0 saturated heterocycles. The van der Waals surface area contributed by atoms with Crippen molar-refractivity contribution in [3.63, 3.8) is 0 Å². The van der Waals surface area contributed by atoms with Crippen LogP contribution in [-0.4, -0.2) is 18.4 Å². The highest BCUT2D eigenvalue weighted by Crippen LogP contribution is 2.30. The standard InChI is InChI=1S/C12H10Cl2N2O3S/c13-9-4-8(11(14)20-9)12(18)16-6-10(17)15-5-7-2-1-3-19-7/h1-4H,5-6H2,(H,15,17)(H,16,18). The molecule has 0 unspecified atom stereocenters. The lowest BCUT2D eigenvalue weighted by atomic mass is 10.3. The SMILES string of the molecule is O=C(CNC(=O)c1cc(Cl)sc1Cl)NCc1ccco1. The molecule has 2 amide bonds. The molecule has 0 radical (unpaired) electrons. The van der Waals surface area contributed by atoms with Crippen molar-refractivity contribution in [2.75, 3.05) is 6.54 Å². The fraction of sp³-hybridized carbons (Fsp3) is 0.167.